The molecule has 0 bridgehead atoms. The van der Waals surface area contributed by atoms with Gasteiger partial charge in [0.2, 0.25) is 6.79 Å². The highest BCUT2D eigenvalue weighted by molar-refractivity contribution is 8.00. The molecule has 1 aromatic carbocycles. The lowest BCUT2D eigenvalue weighted by molar-refractivity contribution is 0.102. The highest BCUT2D eigenvalue weighted by Crippen LogP contribution is 2.33. The third kappa shape index (κ3) is 3.46. The third-order valence-electron chi connectivity index (χ3n) is 5.22. The summed E-state index contributed by atoms with van der Waals surface area (Å²) in [4.78, 5) is 22.5. The molecule has 4 heterocycles. The van der Waals surface area contributed by atoms with E-state index in [0.29, 0.717) is 12.3 Å². The van der Waals surface area contributed by atoms with E-state index >= 15 is 0 Å². The predicted molar refractivity (Wildman–Crippen MR) is 118 cm³/mol. The number of Topliss-reactive ketones (excluding diaryl/α,β-unsaturated/α-hetero) is 1. The van der Waals surface area contributed by atoms with Crippen LogP contribution in [0.25, 0.3) is 10.2 Å². The molecule has 0 radical (unpaired) electrons. The standard InChI is InChI=1S/C22H19N3O3S2/c1-13-7-17(18(26)10-30-22-16-5-6-29-21(16)23-11-24-22)14(2)25(13)9-15-3-4-19-20(8-15)28-12-27-19/h3-8,11H,9-10,12H2,1-2H3. The molecule has 0 atom stereocenters. The van der Waals surface area contributed by atoms with E-state index in [-0.39, 0.29) is 12.6 Å². The average molecular weight is 438 g/mol. The van der Waals surface area contributed by atoms with Crippen LogP contribution in [0.4, 0.5) is 0 Å². The van der Waals surface area contributed by atoms with Gasteiger partial charge in [-0.2, -0.15) is 0 Å². The molecular weight excluding hydrogens is 418 g/mol. The molecule has 5 rings (SSSR count). The van der Waals surface area contributed by atoms with Crippen LogP contribution in [0.5, 0.6) is 11.5 Å². The first kappa shape index (κ1) is 19.1. The minimum atomic E-state index is 0.104. The van der Waals surface area contributed by atoms with E-state index in [2.05, 4.69) is 14.5 Å². The molecule has 3 aromatic heterocycles. The summed E-state index contributed by atoms with van der Waals surface area (Å²) in [5.74, 6) is 1.99. The van der Waals surface area contributed by atoms with Crippen molar-refractivity contribution in [1.82, 2.24) is 14.5 Å². The van der Waals surface area contributed by atoms with Gasteiger partial charge in [0.15, 0.2) is 17.3 Å². The van der Waals surface area contributed by atoms with E-state index in [0.717, 1.165) is 49.3 Å². The Kier molecular flexibility index (Phi) is 4.96. The van der Waals surface area contributed by atoms with Crippen molar-refractivity contribution in [3.05, 3.63) is 64.6 Å². The third-order valence-corrected chi connectivity index (χ3v) is 7.04. The Morgan fingerprint density at radius 1 is 1.17 bits per heavy atom. The number of hydrogen-bond donors (Lipinski definition) is 0. The van der Waals surface area contributed by atoms with Crippen molar-refractivity contribution in [2.24, 2.45) is 0 Å². The Morgan fingerprint density at radius 2 is 2.03 bits per heavy atom. The second kappa shape index (κ2) is 7.77. The van der Waals surface area contributed by atoms with Gasteiger partial charge < -0.3 is 14.0 Å². The fourth-order valence-electron chi connectivity index (χ4n) is 3.64. The number of fused-ring (bicyclic) bond motifs is 2. The molecule has 0 fully saturated rings. The lowest BCUT2D eigenvalue weighted by atomic mass is 10.1. The zero-order valence-electron chi connectivity index (χ0n) is 16.5. The number of rotatable bonds is 6. The molecule has 4 aromatic rings. The lowest BCUT2D eigenvalue weighted by Gasteiger charge is -2.10. The number of benzene rings is 1. The molecule has 0 N–H and O–H groups in total. The first-order chi connectivity index (χ1) is 14.6. The number of aromatic nitrogens is 3. The molecule has 1 aliphatic heterocycles. The van der Waals surface area contributed by atoms with Gasteiger partial charge in [0.25, 0.3) is 0 Å². The van der Waals surface area contributed by atoms with Gasteiger partial charge in [0, 0.05) is 28.9 Å². The molecule has 1 aliphatic rings. The number of ether oxygens (including phenoxy) is 2. The summed E-state index contributed by atoms with van der Waals surface area (Å²) in [6.07, 6.45) is 1.56. The SMILES string of the molecule is Cc1cc(C(=O)CSc2ncnc3sccc23)c(C)n1Cc1ccc2c(c1)OCO2. The molecule has 0 saturated carbocycles. The van der Waals surface area contributed by atoms with Crippen molar-refractivity contribution in [3.63, 3.8) is 0 Å². The topological polar surface area (TPSA) is 66.2 Å². The van der Waals surface area contributed by atoms with Crippen LogP contribution in [0.3, 0.4) is 0 Å². The lowest BCUT2D eigenvalue weighted by Crippen LogP contribution is -2.07. The predicted octanol–water partition coefficient (Wildman–Crippen LogP) is 4.86. The minimum Gasteiger partial charge on any atom is -0.454 e. The van der Waals surface area contributed by atoms with Crippen LogP contribution in [0.2, 0.25) is 0 Å². The van der Waals surface area contributed by atoms with Gasteiger partial charge >= 0.3 is 0 Å². The van der Waals surface area contributed by atoms with E-state index in [4.69, 9.17) is 9.47 Å². The van der Waals surface area contributed by atoms with Crippen molar-refractivity contribution in [2.75, 3.05) is 12.5 Å². The molecule has 0 aliphatic carbocycles. The van der Waals surface area contributed by atoms with E-state index in [1.54, 1.807) is 17.7 Å². The summed E-state index contributed by atoms with van der Waals surface area (Å²) in [6.45, 7) is 4.97. The minimum absolute atomic E-state index is 0.104. The fraction of sp³-hybridized carbons (Fsp3) is 0.227. The molecule has 152 valence electrons. The number of thioether (sulfide) groups is 1. The van der Waals surface area contributed by atoms with Crippen LogP contribution in [-0.2, 0) is 6.54 Å². The van der Waals surface area contributed by atoms with Crippen LogP contribution in [0.1, 0.15) is 27.3 Å². The van der Waals surface area contributed by atoms with Crippen molar-refractivity contribution in [1.29, 1.82) is 0 Å². The molecule has 0 saturated heterocycles. The van der Waals surface area contributed by atoms with E-state index < -0.39 is 0 Å². The maximum atomic E-state index is 13.0. The van der Waals surface area contributed by atoms with Crippen molar-refractivity contribution < 1.29 is 14.3 Å². The molecule has 0 spiro atoms. The van der Waals surface area contributed by atoms with E-state index in [1.807, 2.05) is 49.6 Å². The zero-order chi connectivity index (χ0) is 20.7. The summed E-state index contributed by atoms with van der Waals surface area (Å²) in [5, 5.41) is 3.85. The van der Waals surface area contributed by atoms with Gasteiger partial charge in [-0.05, 0) is 49.1 Å². The monoisotopic (exact) mass is 437 g/mol. The Balaban J connectivity index is 1.34. The van der Waals surface area contributed by atoms with Gasteiger partial charge in [-0.15, -0.1) is 11.3 Å². The summed E-state index contributed by atoms with van der Waals surface area (Å²) >= 11 is 3.04. The number of carbonyl (C=O) groups is 1. The summed E-state index contributed by atoms with van der Waals surface area (Å²) < 4.78 is 13.0. The fourth-order valence-corrected chi connectivity index (χ4v) is 5.31. The van der Waals surface area contributed by atoms with Gasteiger partial charge in [-0.1, -0.05) is 17.8 Å². The number of ketones is 1. The maximum Gasteiger partial charge on any atom is 0.231 e. The van der Waals surface area contributed by atoms with Crippen molar-refractivity contribution in [3.8, 4) is 11.5 Å². The van der Waals surface area contributed by atoms with Gasteiger partial charge in [0.05, 0.1) is 5.75 Å². The van der Waals surface area contributed by atoms with Crippen molar-refractivity contribution in [2.45, 2.75) is 25.4 Å². The Morgan fingerprint density at radius 3 is 2.93 bits per heavy atom. The molecule has 0 unspecified atom stereocenters. The van der Waals surface area contributed by atoms with Gasteiger partial charge in [0.1, 0.15) is 16.2 Å². The average Bonchev–Trinajstić information content (AvgIpc) is 3.47. The first-order valence-electron chi connectivity index (χ1n) is 9.49. The summed E-state index contributed by atoms with van der Waals surface area (Å²) in [5.41, 5.74) is 3.89. The molecule has 0 amide bonds. The highest BCUT2D eigenvalue weighted by atomic mass is 32.2. The highest BCUT2D eigenvalue weighted by Gasteiger charge is 2.18. The van der Waals surface area contributed by atoms with E-state index in [9.17, 15) is 4.79 Å². The molecular formula is C22H19N3O3S2. The smallest absolute Gasteiger partial charge is 0.231 e. The molecule has 6 nitrogen and oxygen atoms in total. The van der Waals surface area contributed by atoms with Gasteiger partial charge in [-0.3, -0.25) is 4.79 Å². The largest absolute Gasteiger partial charge is 0.454 e. The second-order valence-electron chi connectivity index (χ2n) is 7.09. The van der Waals surface area contributed by atoms with Crippen LogP contribution in [-0.4, -0.2) is 32.9 Å². The molecule has 30 heavy (non-hydrogen) atoms. The van der Waals surface area contributed by atoms with Crippen LogP contribution in [0.15, 0.2) is 47.1 Å². The number of nitrogens with zero attached hydrogens (tertiary/aromatic N) is 3. The number of hydrogen-bond acceptors (Lipinski definition) is 7. The number of thiophene rings is 1. The summed E-state index contributed by atoms with van der Waals surface area (Å²) in [7, 11) is 0. The second-order valence-corrected chi connectivity index (χ2v) is 8.95. The zero-order valence-corrected chi connectivity index (χ0v) is 18.2. The maximum absolute atomic E-state index is 13.0. The van der Waals surface area contributed by atoms with E-state index in [1.165, 1.54) is 11.8 Å². The summed E-state index contributed by atoms with van der Waals surface area (Å²) in [6, 6.07) is 9.95. The number of aryl methyl sites for hydroxylation is 1. The van der Waals surface area contributed by atoms with Crippen LogP contribution in [0, 0.1) is 13.8 Å². The van der Waals surface area contributed by atoms with Crippen LogP contribution >= 0.6 is 23.1 Å². The number of carbonyl (C=O) groups excluding carboxylic acids is 1. The Labute approximate surface area is 181 Å². The van der Waals surface area contributed by atoms with Crippen LogP contribution < -0.4 is 9.47 Å². The first-order valence-corrected chi connectivity index (χ1v) is 11.4. The quantitative estimate of drug-likeness (QED) is 0.244. The van der Waals surface area contributed by atoms with Crippen molar-refractivity contribution >= 4 is 39.1 Å². The normalized spacial score (nSPS) is 12.6. The van der Waals surface area contributed by atoms with Gasteiger partial charge in [-0.25, -0.2) is 9.97 Å². The molecule has 8 heteroatoms. The Bertz CT molecular complexity index is 1260. The Hall–Kier alpha value is -2.84.